The van der Waals surface area contributed by atoms with Crippen molar-refractivity contribution in [3.8, 4) is 0 Å². The highest BCUT2D eigenvalue weighted by Gasteiger charge is 2.43. The molecule has 6 heteroatoms. The number of Topliss-reactive ketones (excluding diaryl/α,β-unsaturated/α-hetero) is 1. The van der Waals surface area contributed by atoms with E-state index < -0.39 is 0 Å². The quantitative estimate of drug-likeness (QED) is 0.455. The van der Waals surface area contributed by atoms with Crippen molar-refractivity contribution in [3.63, 3.8) is 0 Å². The SMILES string of the molecule is CC1(C)C(=CC2=C(O)C(=CC3=[NH+]c4ccc(CN)cc4C3(C)C)C2=O)Nc2ccc(CN)cc21. The van der Waals surface area contributed by atoms with Gasteiger partial charge in [0, 0.05) is 47.6 Å². The van der Waals surface area contributed by atoms with Gasteiger partial charge in [-0.2, -0.15) is 0 Å². The van der Waals surface area contributed by atoms with Crippen LogP contribution in [0.1, 0.15) is 49.9 Å². The number of aliphatic hydroxyl groups excluding tert-OH is 1. The summed E-state index contributed by atoms with van der Waals surface area (Å²) in [6, 6.07) is 12.2. The van der Waals surface area contributed by atoms with E-state index in [-0.39, 0.29) is 22.4 Å². The number of aliphatic hydroxyl groups is 1. The molecule has 0 aromatic heterocycles. The molecule has 0 bridgehead atoms. The molecule has 5 rings (SSSR count). The number of benzene rings is 2. The van der Waals surface area contributed by atoms with Gasteiger partial charge in [0.15, 0.2) is 5.71 Å². The van der Waals surface area contributed by atoms with Gasteiger partial charge in [-0.1, -0.05) is 32.0 Å². The van der Waals surface area contributed by atoms with Crippen LogP contribution in [0.5, 0.6) is 0 Å². The van der Waals surface area contributed by atoms with Crippen LogP contribution < -0.4 is 21.8 Å². The standard InChI is InChI=1S/C28H30N4O2/c1-27(2)19-9-15(13-29)5-7-21(19)31-23(27)11-17-25(33)18(26(17)34)12-24-28(3,4)20-10-16(14-30)6-8-22(20)32-24/h5-12,31,33H,13-14,29-30H2,1-4H3/p+1. The Morgan fingerprint density at radius 1 is 0.941 bits per heavy atom. The Morgan fingerprint density at radius 2 is 1.59 bits per heavy atom. The first-order chi connectivity index (χ1) is 16.1. The van der Waals surface area contributed by atoms with Gasteiger partial charge in [-0.15, -0.1) is 0 Å². The molecule has 2 heterocycles. The summed E-state index contributed by atoms with van der Waals surface area (Å²) < 4.78 is 0. The summed E-state index contributed by atoms with van der Waals surface area (Å²) in [5, 5.41) is 14.3. The van der Waals surface area contributed by atoms with E-state index in [1.807, 2.05) is 24.3 Å². The Balaban J connectivity index is 1.47. The van der Waals surface area contributed by atoms with Gasteiger partial charge in [0.25, 0.3) is 0 Å². The largest absolute Gasteiger partial charge is 0.506 e. The zero-order valence-electron chi connectivity index (χ0n) is 20.0. The zero-order chi connectivity index (χ0) is 24.4. The second-order valence-electron chi connectivity index (χ2n) is 10.3. The average Bonchev–Trinajstić information content (AvgIpc) is 3.23. The normalized spacial score (nSPS) is 21.9. The minimum Gasteiger partial charge on any atom is -0.506 e. The fraction of sp³-hybridized carbons (Fsp3) is 0.286. The van der Waals surface area contributed by atoms with E-state index in [0.29, 0.717) is 24.2 Å². The van der Waals surface area contributed by atoms with Crippen LogP contribution in [-0.2, 0) is 28.7 Å². The number of carbonyl (C=O) groups excluding carboxylic acids is 1. The lowest BCUT2D eigenvalue weighted by Gasteiger charge is -2.24. The number of nitrogens with two attached hydrogens (primary N) is 2. The minimum absolute atomic E-state index is 0.0254. The predicted octanol–water partition coefficient (Wildman–Crippen LogP) is 2.66. The van der Waals surface area contributed by atoms with Gasteiger partial charge >= 0.3 is 0 Å². The Morgan fingerprint density at radius 3 is 2.24 bits per heavy atom. The maximum absolute atomic E-state index is 13.1. The van der Waals surface area contributed by atoms with Gasteiger partial charge in [-0.25, -0.2) is 4.99 Å². The van der Waals surface area contributed by atoms with Crippen LogP contribution in [0.2, 0.25) is 0 Å². The Hall–Kier alpha value is -3.48. The van der Waals surface area contributed by atoms with E-state index in [9.17, 15) is 9.90 Å². The van der Waals surface area contributed by atoms with Gasteiger partial charge in [0.2, 0.25) is 11.5 Å². The van der Waals surface area contributed by atoms with Crippen LogP contribution >= 0.6 is 0 Å². The van der Waals surface area contributed by atoms with Crippen molar-refractivity contribution < 1.29 is 14.9 Å². The first kappa shape index (κ1) is 22.3. The molecular weight excluding hydrogens is 424 g/mol. The fourth-order valence-corrected chi connectivity index (χ4v) is 5.01. The van der Waals surface area contributed by atoms with Gasteiger partial charge in [0.05, 0.1) is 16.6 Å². The molecule has 1 aliphatic carbocycles. The molecule has 0 radical (unpaired) electrons. The van der Waals surface area contributed by atoms with E-state index in [1.54, 1.807) is 12.2 Å². The molecule has 2 aromatic rings. The fourth-order valence-electron chi connectivity index (χ4n) is 5.01. The van der Waals surface area contributed by atoms with Crippen molar-refractivity contribution in [1.29, 1.82) is 0 Å². The number of rotatable bonds is 4. The maximum Gasteiger partial charge on any atom is 0.208 e. The van der Waals surface area contributed by atoms with Crippen LogP contribution in [0.3, 0.4) is 0 Å². The highest BCUT2D eigenvalue weighted by Crippen LogP contribution is 2.45. The third kappa shape index (κ3) is 3.17. The third-order valence-corrected chi connectivity index (χ3v) is 7.45. The van der Waals surface area contributed by atoms with Crippen molar-refractivity contribution in [2.75, 3.05) is 5.32 Å². The van der Waals surface area contributed by atoms with Gasteiger partial charge < -0.3 is 21.9 Å². The first-order valence-electron chi connectivity index (χ1n) is 11.6. The molecule has 2 aliphatic heterocycles. The summed E-state index contributed by atoms with van der Waals surface area (Å²) in [5.41, 5.74) is 19.8. The number of hydrogen-bond acceptors (Lipinski definition) is 5. The summed E-state index contributed by atoms with van der Waals surface area (Å²) in [5.74, 6) is -0.137. The lowest BCUT2D eigenvalue weighted by Crippen LogP contribution is -2.65. The number of nitrogens with one attached hydrogen (secondary N) is 2. The second kappa shape index (κ2) is 7.52. The monoisotopic (exact) mass is 455 g/mol. The molecule has 6 nitrogen and oxygen atoms in total. The Labute approximate surface area is 199 Å². The van der Waals surface area contributed by atoms with Gasteiger partial charge in [0.1, 0.15) is 5.76 Å². The molecule has 34 heavy (non-hydrogen) atoms. The third-order valence-electron chi connectivity index (χ3n) is 7.45. The van der Waals surface area contributed by atoms with Crippen LogP contribution in [0.4, 0.5) is 11.4 Å². The number of fused-ring (bicyclic) bond motifs is 2. The molecule has 0 saturated heterocycles. The van der Waals surface area contributed by atoms with Crippen molar-refractivity contribution in [1.82, 2.24) is 0 Å². The maximum atomic E-state index is 13.1. The topological polar surface area (TPSA) is 115 Å². The average molecular weight is 456 g/mol. The molecular formula is C28H31N4O2+. The van der Waals surface area contributed by atoms with Gasteiger partial charge in [-0.3, -0.25) is 4.79 Å². The predicted molar refractivity (Wildman–Crippen MR) is 135 cm³/mol. The van der Waals surface area contributed by atoms with Crippen molar-refractivity contribution in [2.24, 2.45) is 11.5 Å². The number of carbonyl (C=O) groups is 1. The van der Waals surface area contributed by atoms with Crippen LogP contribution in [0.15, 0.2) is 71.2 Å². The van der Waals surface area contributed by atoms with E-state index in [4.69, 9.17) is 11.5 Å². The van der Waals surface area contributed by atoms with E-state index >= 15 is 0 Å². The lowest BCUT2D eigenvalue weighted by atomic mass is 9.77. The number of allylic oxidation sites excluding steroid dienone is 5. The molecule has 7 N–H and O–H groups in total. The summed E-state index contributed by atoms with van der Waals surface area (Å²) in [6.07, 6.45) is 3.55. The van der Waals surface area contributed by atoms with E-state index in [2.05, 4.69) is 50.1 Å². The summed E-state index contributed by atoms with van der Waals surface area (Å²) >= 11 is 0. The summed E-state index contributed by atoms with van der Waals surface area (Å²) in [7, 11) is 0. The lowest BCUT2D eigenvalue weighted by molar-refractivity contribution is -0.349. The van der Waals surface area contributed by atoms with Crippen molar-refractivity contribution >= 4 is 22.9 Å². The highest BCUT2D eigenvalue weighted by atomic mass is 16.3. The molecule has 2 aromatic carbocycles. The molecule has 0 atom stereocenters. The molecule has 0 unspecified atom stereocenters. The molecule has 0 fully saturated rings. The molecule has 3 aliphatic rings. The molecule has 0 saturated carbocycles. The van der Waals surface area contributed by atoms with Crippen LogP contribution in [0, 0.1) is 0 Å². The van der Waals surface area contributed by atoms with E-state index in [1.165, 1.54) is 0 Å². The molecule has 174 valence electrons. The van der Waals surface area contributed by atoms with E-state index in [0.717, 1.165) is 45.0 Å². The zero-order valence-corrected chi connectivity index (χ0v) is 20.0. The van der Waals surface area contributed by atoms with Crippen LogP contribution in [-0.4, -0.2) is 16.6 Å². The van der Waals surface area contributed by atoms with Crippen LogP contribution in [0.25, 0.3) is 0 Å². The highest BCUT2D eigenvalue weighted by molar-refractivity contribution is 6.24. The first-order valence-corrected chi connectivity index (χ1v) is 11.6. The second-order valence-corrected chi connectivity index (χ2v) is 10.3. The summed E-state index contributed by atoms with van der Waals surface area (Å²) in [4.78, 5) is 16.5. The number of ketones is 1. The summed E-state index contributed by atoms with van der Waals surface area (Å²) in [6.45, 7) is 9.35. The Kier molecular flexibility index (Phi) is 4.93. The molecule has 0 spiro atoms. The minimum atomic E-state index is -0.334. The van der Waals surface area contributed by atoms with Crippen molar-refractivity contribution in [2.45, 2.75) is 51.6 Å². The number of hydrogen-bond donors (Lipinski definition) is 5. The number of anilines is 1. The van der Waals surface area contributed by atoms with Gasteiger partial charge in [-0.05, 0) is 48.7 Å². The Bertz CT molecular complexity index is 1370. The smallest absolute Gasteiger partial charge is 0.208 e. The molecule has 0 amide bonds. The van der Waals surface area contributed by atoms with Crippen molar-refractivity contribution in [3.05, 3.63) is 93.4 Å².